The molecule has 0 saturated carbocycles. The van der Waals surface area contributed by atoms with Crippen LogP contribution >= 0.6 is 0 Å². The Balaban J connectivity index is 1.66. The smallest absolute Gasteiger partial charge is 0.311 e. The third-order valence-corrected chi connectivity index (χ3v) is 3.86. The summed E-state index contributed by atoms with van der Waals surface area (Å²) < 4.78 is 5.37. The van der Waals surface area contributed by atoms with Gasteiger partial charge in [-0.1, -0.05) is 36.4 Å². The maximum absolute atomic E-state index is 12.3. The van der Waals surface area contributed by atoms with Gasteiger partial charge in [0.05, 0.1) is 17.2 Å². The quantitative estimate of drug-likeness (QED) is 0.619. The lowest BCUT2D eigenvalue weighted by molar-refractivity contribution is -0.385. The molecule has 7 nitrogen and oxygen atoms in total. The molecule has 0 spiro atoms. The van der Waals surface area contributed by atoms with E-state index in [9.17, 15) is 14.9 Å². The van der Waals surface area contributed by atoms with Gasteiger partial charge in [-0.05, 0) is 24.1 Å². The van der Waals surface area contributed by atoms with Crippen molar-refractivity contribution in [3.8, 4) is 5.75 Å². The molecule has 7 heteroatoms. The molecule has 0 unspecified atom stereocenters. The van der Waals surface area contributed by atoms with Crippen molar-refractivity contribution in [1.82, 2.24) is 5.01 Å². The average Bonchev–Trinajstić information content (AvgIpc) is 3.11. The highest BCUT2D eigenvalue weighted by atomic mass is 16.6. The van der Waals surface area contributed by atoms with E-state index < -0.39 is 4.92 Å². The Hall–Kier alpha value is -3.22. The van der Waals surface area contributed by atoms with Crippen LogP contribution in [0.25, 0.3) is 0 Å². The van der Waals surface area contributed by atoms with Crippen LogP contribution in [0.3, 0.4) is 0 Å². The van der Waals surface area contributed by atoms with Gasteiger partial charge in [-0.3, -0.25) is 14.9 Å². The summed E-state index contributed by atoms with van der Waals surface area (Å²) in [6.45, 7) is 1.93. The van der Waals surface area contributed by atoms with Gasteiger partial charge in [0.25, 0.3) is 5.91 Å². The van der Waals surface area contributed by atoms with Crippen LogP contribution in [0.4, 0.5) is 5.69 Å². The lowest BCUT2D eigenvalue weighted by Gasteiger charge is -2.12. The Labute approximate surface area is 144 Å². The SMILES string of the molecule is Cc1ccc(OCC(=O)N2CCC(c3ccccc3)=N2)c([N+](=O)[O-])c1. The van der Waals surface area contributed by atoms with Crippen LogP contribution in [-0.4, -0.2) is 34.7 Å². The molecule has 1 amide bonds. The Kier molecular flexibility index (Phi) is 4.74. The van der Waals surface area contributed by atoms with Gasteiger partial charge in [-0.15, -0.1) is 0 Å². The summed E-state index contributed by atoms with van der Waals surface area (Å²) in [5.41, 5.74) is 2.42. The van der Waals surface area contributed by atoms with Crippen molar-refractivity contribution in [2.75, 3.05) is 13.2 Å². The highest BCUT2D eigenvalue weighted by Crippen LogP contribution is 2.27. The number of nitro groups is 1. The van der Waals surface area contributed by atoms with Gasteiger partial charge in [-0.2, -0.15) is 5.10 Å². The molecule has 0 N–H and O–H groups in total. The first-order valence-electron chi connectivity index (χ1n) is 7.85. The molecule has 1 heterocycles. The summed E-state index contributed by atoms with van der Waals surface area (Å²) in [4.78, 5) is 22.8. The number of amides is 1. The van der Waals surface area contributed by atoms with E-state index in [0.717, 1.165) is 16.8 Å². The molecule has 1 aliphatic rings. The number of hydrazone groups is 1. The topological polar surface area (TPSA) is 85.0 Å². The molecule has 3 rings (SSSR count). The van der Waals surface area contributed by atoms with Crippen LogP contribution in [0.1, 0.15) is 17.5 Å². The average molecular weight is 339 g/mol. The number of nitro benzene ring substituents is 1. The minimum Gasteiger partial charge on any atom is -0.477 e. The van der Waals surface area contributed by atoms with Gasteiger partial charge in [0.1, 0.15) is 0 Å². The predicted molar refractivity (Wildman–Crippen MR) is 92.6 cm³/mol. The van der Waals surface area contributed by atoms with Crippen molar-refractivity contribution in [3.05, 3.63) is 69.8 Å². The molecule has 1 aliphatic heterocycles. The summed E-state index contributed by atoms with van der Waals surface area (Å²) in [6, 6.07) is 14.3. The van der Waals surface area contributed by atoms with Crippen molar-refractivity contribution < 1.29 is 14.5 Å². The van der Waals surface area contributed by atoms with Crippen molar-refractivity contribution in [2.24, 2.45) is 5.10 Å². The second-order valence-electron chi connectivity index (χ2n) is 5.70. The maximum atomic E-state index is 12.3. The maximum Gasteiger partial charge on any atom is 0.311 e. The number of carbonyl (C=O) groups is 1. The van der Waals surface area contributed by atoms with Gasteiger partial charge < -0.3 is 4.74 Å². The third-order valence-electron chi connectivity index (χ3n) is 3.86. The zero-order valence-electron chi connectivity index (χ0n) is 13.7. The van der Waals surface area contributed by atoms with Crippen molar-refractivity contribution in [1.29, 1.82) is 0 Å². The number of ether oxygens (including phenoxy) is 1. The summed E-state index contributed by atoms with van der Waals surface area (Å²) in [7, 11) is 0. The number of aryl methyl sites for hydroxylation is 1. The zero-order valence-corrected chi connectivity index (χ0v) is 13.7. The Bertz CT molecular complexity index is 833. The van der Waals surface area contributed by atoms with E-state index in [0.29, 0.717) is 13.0 Å². The Morgan fingerprint density at radius 2 is 2.04 bits per heavy atom. The van der Waals surface area contributed by atoms with Gasteiger partial charge in [0.2, 0.25) is 0 Å². The summed E-state index contributed by atoms with van der Waals surface area (Å²) in [5.74, 6) is -0.254. The standard InChI is InChI=1S/C18H17N3O4/c1-13-7-8-17(16(11-13)21(23)24)25-12-18(22)20-10-9-15(19-20)14-5-3-2-4-6-14/h2-8,11H,9-10,12H2,1H3. The first-order chi connectivity index (χ1) is 12.0. The highest BCUT2D eigenvalue weighted by Gasteiger charge is 2.23. The van der Waals surface area contributed by atoms with E-state index in [1.807, 2.05) is 30.3 Å². The molecule has 2 aromatic carbocycles. The van der Waals surface area contributed by atoms with Crippen molar-refractivity contribution in [3.63, 3.8) is 0 Å². The fraction of sp³-hybridized carbons (Fsp3) is 0.222. The van der Waals surface area contributed by atoms with E-state index in [4.69, 9.17) is 4.74 Å². The number of benzene rings is 2. The van der Waals surface area contributed by atoms with Crippen LogP contribution in [-0.2, 0) is 4.79 Å². The first-order valence-corrected chi connectivity index (χ1v) is 7.85. The van der Waals surface area contributed by atoms with E-state index in [1.165, 1.54) is 17.1 Å². The van der Waals surface area contributed by atoms with Crippen LogP contribution in [0, 0.1) is 17.0 Å². The molecule has 25 heavy (non-hydrogen) atoms. The summed E-state index contributed by atoms with van der Waals surface area (Å²) in [6.07, 6.45) is 0.667. The monoisotopic (exact) mass is 339 g/mol. The minimum atomic E-state index is -0.520. The normalized spacial score (nSPS) is 13.5. The zero-order chi connectivity index (χ0) is 17.8. The number of carbonyl (C=O) groups excluding carboxylic acids is 1. The van der Waals surface area contributed by atoms with Gasteiger partial charge in [0, 0.05) is 12.5 Å². The molecule has 0 atom stereocenters. The Morgan fingerprint density at radius 1 is 1.28 bits per heavy atom. The molecule has 0 aromatic heterocycles. The summed E-state index contributed by atoms with van der Waals surface area (Å²) in [5, 5.41) is 16.8. The summed E-state index contributed by atoms with van der Waals surface area (Å²) >= 11 is 0. The molecular formula is C18H17N3O4. The van der Waals surface area contributed by atoms with Gasteiger partial charge in [-0.25, -0.2) is 5.01 Å². The number of nitrogens with zero attached hydrogens (tertiary/aromatic N) is 3. The van der Waals surface area contributed by atoms with Gasteiger partial charge >= 0.3 is 5.69 Å². The Morgan fingerprint density at radius 3 is 2.76 bits per heavy atom. The number of hydrogen-bond donors (Lipinski definition) is 0. The molecule has 0 bridgehead atoms. The predicted octanol–water partition coefficient (Wildman–Crippen LogP) is 2.92. The van der Waals surface area contributed by atoms with Crippen molar-refractivity contribution in [2.45, 2.75) is 13.3 Å². The van der Waals surface area contributed by atoms with Crippen LogP contribution in [0.2, 0.25) is 0 Å². The number of rotatable bonds is 5. The molecule has 128 valence electrons. The second kappa shape index (κ2) is 7.12. The van der Waals surface area contributed by atoms with E-state index >= 15 is 0 Å². The lowest BCUT2D eigenvalue weighted by atomic mass is 10.1. The molecule has 0 saturated heterocycles. The largest absolute Gasteiger partial charge is 0.477 e. The van der Waals surface area contributed by atoms with Crippen LogP contribution in [0.15, 0.2) is 53.6 Å². The van der Waals surface area contributed by atoms with Crippen molar-refractivity contribution >= 4 is 17.3 Å². The lowest BCUT2D eigenvalue weighted by Crippen LogP contribution is -2.29. The molecule has 0 radical (unpaired) electrons. The number of hydrogen-bond acceptors (Lipinski definition) is 5. The van der Waals surface area contributed by atoms with E-state index in [-0.39, 0.29) is 24.0 Å². The first kappa shape index (κ1) is 16.6. The molecule has 0 aliphatic carbocycles. The minimum absolute atomic E-state index is 0.0791. The van der Waals surface area contributed by atoms with Crippen LogP contribution in [0.5, 0.6) is 5.75 Å². The van der Waals surface area contributed by atoms with E-state index in [2.05, 4.69) is 5.10 Å². The molecular weight excluding hydrogens is 322 g/mol. The van der Waals surface area contributed by atoms with E-state index in [1.54, 1.807) is 13.0 Å². The van der Waals surface area contributed by atoms with Gasteiger partial charge in [0.15, 0.2) is 12.4 Å². The fourth-order valence-corrected chi connectivity index (χ4v) is 2.58. The molecule has 0 fully saturated rings. The second-order valence-corrected chi connectivity index (χ2v) is 5.70. The van der Waals surface area contributed by atoms with Crippen LogP contribution < -0.4 is 4.74 Å². The third kappa shape index (κ3) is 3.82. The molecule has 2 aromatic rings. The highest BCUT2D eigenvalue weighted by molar-refractivity contribution is 6.02. The fourth-order valence-electron chi connectivity index (χ4n) is 2.58.